The number of rotatable bonds is 3. The first-order valence-electron chi connectivity index (χ1n) is 7.11. The van der Waals surface area contributed by atoms with Crippen molar-refractivity contribution in [1.82, 2.24) is 10.3 Å². The minimum atomic E-state index is 0.636. The monoisotopic (exact) mass is 252 g/mol. The highest BCUT2D eigenvalue weighted by Gasteiger charge is 2.16. The van der Waals surface area contributed by atoms with Crippen LogP contribution in [0.2, 0.25) is 0 Å². The molecule has 1 aliphatic heterocycles. The maximum Gasteiger partial charge on any atom is 0.0438 e. The van der Waals surface area contributed by atoms with E-state index in [1.807, 2.05) is 6.20 Å². The largest absolute Gasteiger partial charge is 0.317 e. The summed E-state index contributed by atoms with van der Waals surface area (Å²) in [7, 11) is 0. The van der Waals surface area contributed by atoms with Gasteiger partial charge in [0.05, 0.1) is 0 Å². The second-order valence-electron chi connectivity index (χ2n) is 5.28. The normalized spacial score (nSPS) is 16.4. The van der Waals surface area contributed by atoms with E-state index in [1.54, 1.807) is 0 Å². The quantitative estimate of drug-likeness (QED) is 0.907. The Kier molecular flexibility index (Phi) is 3.89. The predicted molar refractivity (Wildman–Crippen MR) is 78.3 cm³/mol. The standard InChI is InChI=1S/C17H20N2/c1-2-4-14(5-3-1)12-15-6-11-19-17(13-15)16-7-9-18-10-8-16/h1-6,11,13,16,18H,7-10,12H2. The van der Waals surface area contributed by atoms with Gasteiger partial charge in [-0.3, -0.25) is 4.98 Å². The first-order chi connectivity index (χ1) is 9.42. The molecule has 2 heteroatoms. The van der Waals surface area contributed by atoms with Crippen molar-refractivity contribution >= 4 is 0 Å². The Labute approximate surface area is 114 Å². The van der Waals surface area contributed by atoms with Crippen molar-refractivity contribution in [3.63, 3.8) is 0 Å². The first kappa shape index (κ1) is 12.4. The summed E-state index contributed by atoms with van der Waals surface area (Å²) in [5.74, 6) is 0.636. The number of nitrogens with zero attached hydrogens (tertiary/aromatic N) is 1. The SMILES string of the molecule is c1ccc(Cc2ccnc(C3CCNCC3)c2)cc1. The van der Waals surface area contributed by atoms with Gasteiger partial charge in [-0.2, -0.15) is 0 Å². The fourth-order valence-electron chi connectivity index (χ4n) is 2.78. The number of benzene rings is 1. The lowest BCUT2D eigenvalue weighted by Crippen LogP contribution is -2.27. The van der Waals surface area contributed by atoms with Crippen LogP contribution in [0.25, 0.3) is 0 Å². The summed E-state index contributed by atoms with van der Waals surface area (Å²) in [5, 5.41) is 3.41. The van der Waals surface area contributed by atoms with Crippen LogP contribution in [-0.2, 0) is 6.42 Å². The molecule has 3 rings (SSSR count). The molecule has 0 radical (unpaired) electrons. The van der Waals surface area contributed by atoms with Crippen molar-refractivity contribution in [2.24, 2.45) is 0 Å². The lowest BCUT2D eigenvalue weighted by molar-refractivity contribution is 0.453. The number of nitrogens with one attached hydrogen (secondary N) is 1. The molecular formula is C17H20N2. The average Bonchev–Trinajstić information content (AvgIpc) is 2.49. The van der Waals surface area contributed by atoms with Crippen LogP contribution in [0.15, 0.2) is 48.7 Å². The van der Waals surface area contributed by atoms with Gasteiger partial charge in [-0.15, -0.1) is 0 Å². The minimum absolute atomic E-state index is 0.636. The molecule has 0 amide bonds. The summed E-state index contributed by atoms with van der Waals surface area (Å²) in [4.78, 5) is 4.58. The highest BCUT2D eigenvalue weighted by atomic mass is 14.9. The van der Waals surface area contributed by atoms with E-state index >= 15 is 0 Å². The molecule has 0 saturated carbocycles. The number of piperidine rings is 1. The van der Waals surface area contributed by atoms with Gasteiger partial charge in [0.25, 0.3) is 0 Å². The minimum Gasteiger partial charge on any atom is -0.317 e. The van der Waals surface area contributed by atoms with Gasteiger partial charge in [-0.1, -0.05) is 30.3 Å². The molecule has 1 saturated heterocycles. The molecule has 1 aromatic carbocycles. The van der Waals surface area contributed by atoms with E-state index in [1.165, 1.54) is 29.7 Å². The molecule has 1 aromatic heterocycles. The number of pyridine rings is 1. The highest BCUT2D eigenvalue weighted by Crippen LogP contribution is 2.24. The summed E-state index contributed by atoms with van der Waals surface area (Å²) in [5.41, 5.74) is 4.01. The molecule has 98 valence electrons. The molecule has 0 unspecified atom stereocenters. The van der Waals surface area contributed by atoms with Crippen LogP contribution < -0.4 is 5.32 Å². The third-order valence-corrected chi connectivity index (χ3v) is 3.85. The zero-order chi connectivity index (χ0) is 12.9. The van der Waals surface area contributed by atoms with Gasteiger partial charge >= 0.3 is 0 Å². The lowest BCUT2D eigenvalue weighted by atomic mass is 9.92. The molecule has 0 spiro atoms. The maximum atomic E-state index is 4.58. The van der Waals surface area contributed by atoms with Crippen molar-refractivity contribution in [3.8, 4) is 0 Å². The molecule has 2 aromatic rings. The topological polar surface area (TPSA) is 24.9 Å². The fourth-order valence-corrected chi connectivity index (χ4v) is 2.78. The second-order valence-corrected chi connectivity index (χ2v) is 5.28. The molecule has 0 atom stereocenters. The van der Waals surface area contributed by atoms with Crippen LogP contribution in [0, 0.1) is 0 Å². The number of hydrogen-bond acceptors (Lipinski definition) is 2. The lowest BCUT2D eigenvalue weighted by Gasteiger charge is -2.22. The Morgan fingerprint density at radius 2 is 1.79 bits per heavy atom. The molecule has 19 heavy (non-hydrogen) atoms. The van der Waals surface area contributed by atoms with Gasteiger partial charge in [-0.25, -0.2) is 0 Å². The van der Waals surface area contributed by atoms with Crippen molar-refractivity contribution in [1.29, 1.82) is 0 Å². The molecule has 1 fully saturated rings. The maximum absolute atomic E-state index is 4.58. The zero-order valence-electron chi connectivity index (χ0n) is 11.2. The third kappa shape index (κ3) is 3.21. The van der Waals surface area contributed by atoms with Gasteiger partial charge < -0.3 is 5.32 Å². The third-order valence-electron chi connectivity index (χ3n) is 3.85. The second kappa shape index (κ2) is 5.98. The highest BCUT2D eigenvalue weighted by molar-refractivity contribution is 5.27. The molecule has 0 bridgehead atoms. The van der Waals surface area contributed by atoms with Crippen LogP contribution in [0.5, 0.6) is 0 Å². The fraction of sp³-hybridized carbons (Fsp3) is 0.353. The summed E-state index contributed by atoms with van der Waals surface area (Å²) in [6, 6.07) is 15.1. The smallest absolute Gasteiger partial charge is 0.0438 e. The van der Waals surface area contributed by atoms with E-state index in [0.717, 1.165) is 19.5 Å². The summed E-state index contributed by atoms with van der Waals surface area (Å²) in [6.07, 6.45) is 5.39. The number of aromatic nitrogens is 1. The summed E-state index contributed by atoms with van der Waals surface area (Å²) in [6.45, 7) is 2.24. The first-order valence-corrected chi connectivity index (χ1v) is 7.11. The van der Waals surface area contributed by atoms with Crippen LogP contribution in [-0.4, -0.2) is 18.1 Å². The molecule has 1 N–H and O–H groups in total. The molecule has 1 aliphatic rings. The van der Waals surface area contributed by atoms with Gasteiger partial charge in [-0.05, 0) is 55.6 Å². The Balaban J connectivity index is 1.76. The molecular weight excluding hydrogens is 232 g/mol. The Morgan fingerprint density at radius 1 is 1.00 bits per heavy atom. The molecule has 2 nitrogen and oxygen atoms in total. The Morgan fingerprint density at radius 3 is 2.58 bits per heavy atom. The summed E-state index contributed by atoms with van der Waals surface area (Å²) >= 11 is 0. The van der Waals surface area contributed by atoms with Crippen molar-refractivity contribution in [2.75, 3.05) is 13.1 Å². The molecule has 0 aliphatic carbocycles. The van der Waals surface area contributed by atoms with Gasteiger partial charge in [0.1, 0.15) is 0 Å². The van der Waals surface area contributed by atoms with E-state index < -0.39 is 0 Å². The van der Waals surface area contributed by atoms with Crippen LogP contribution >= 0.6 is 0 Å². The van der Waals surface area contributed by atoms with E-state index in [4.69, 9.17) is 0 Å². The Bertz CT molecular complexity index is 516. The van der Waals surface area contributed by atoms with Gasteiger partial charge in [0, 0.05) is 17.8 Å². The van der Waals surface area contributed by atoms with Crippen molar-refractivity contribution in [3.05, 3.63) is 65.5 Å². The van der Waals surface area contributed by atoms with Crippen molar-refractivity contribution in [2.45, 2.75) is 25.2 Å². The zero-order valence-corrected chi connectivity index (χ0v) is 11.2. The van der Waals surface area contributed by atoms with Crippen molar-refractivity contribution < 1.29 is 0 Å². The van der Waals surface area contributed by atoms with E-state index in [0.29, 0.717) is 5.92 Å². The van der Waals surface area contributed by atoms with Crippen LogP contribution in [0.3, 0.4) is 0 Å². The summed E-state index contributed by atoms with van der Waals surface area (Å²) < 4.78 is 0. The van der Waals surface area contributed by atoms with Gasteiger partial charge in [0.15, 0.2) is 0 Å². The van der Waals surface area contributed by atoms with Gasteiger partial charge in [0.2, 0.25) is 0 Å². The van der Waals surface area contributed by atoms with E-state index in [-0.39, 0.29) is 0 Å². The van der Waals surface area contributed by atoms with Crippen LogP contribution in [0.4, 0.5) is 0 Å². The van der Waals surface area contributed by atoms with E-state index in [2.05, 4.69) is 52.8 Å². The average molecular weight is 252 g/mol. The van der Waals surface area contributed by atoms with E-state index in [9.17, 15) is 0 Å². The number of hydrogen-bond donors (Lipinski definition) is 1. The van der Waals surface area contributed by atoms with Crippen LogP contribution in [0.1, 0.15) is 35.6 Å². The molecule has 2 heterocycles. The Hall–Kier alpha value is -1.67. The predicted octanol–water partition coefficient (Wildman–Crippen LogP) is 3.14.